The Hall–Kier alpha value is -3.32. The van der Waals surface area contributed by atoms with Gasteiger partial charge in [0.15, 0.2) is 11.5 Å². The Morgan fingerprint density at radius 3 is 2.45 bits per heavy atom. The summed E-state index contributed by atoms with van der Waals surface area (Å²) in [5.74, 6) is 1.91. The highest BCUT2D eigenvalue weighted by molar-refractivity contribution is 5.96. The Bertz CT molecular complexity index is 948. The quantitative estimate of drug-likeness (QED) is 0.672. The number of carbonyl (C=O) groups excluding carboxylic acids is 1. The molecule has 1 aliphatic heterocycles. The van der Waals surface area contributed by atoms with Crippen molar-refractivity contribution in [3.05, 3.63) is 67.0 Å². The molecule has 1 aliphatic rings. The van der Waals surface area contributed by atoms with Crippen LogP contribution in [0.4, 0.5) is 5.69 Å². The first-order chi connectivity index (χ1) is 14.2. The molecular formula is C22H24N4O3. The molecule has 2 aromatic carbocycles. The number of methoxy groups -OCH3 is 1. The van der Waals surface area contributed by atoms with Crippen LogP contribution >= 0.6 is 0 Å². The van der Waals surface area contributed by atoms with Crippen molar-refractivity contribution < 1.29 is 14.3 Å². The van der Waals surface area contributed by atoms with Crippen LogP contribution in [0, 0.1) is 0 Å². The molecule has 1 fully saturated rings. The van der Waals surface area contributed by atoms with Gasteiger partial charge in [0.2, 0.25) is 0 Å². The second-order valence-electron chi connectivity index (χ2n) is 6.96. The number of anilines is 1. The van der Waals surface area contributed by atoms with Crippen molar-refractivity contribution in [2.75, 3.05) is 25.5 Å². The van der Waals surface area contributed by atoms with Gasteiger partial charge in [0.1, 0.15) is 11.3 Å². The van der Waals surface area contributed by atoms with Crippen LogP contribution in [-0.4, -0.2) is 35.9 Å². The van der Waals surface area contributed by atoms with Gasteiger partial charge < -0.3 is 20.1 Å². The molecule has 0 aliphatic carbocycles. The van der Waals surface area contributed by atoms with Gasteiger partial charge >= 0.3 is 0 Å². The number of rotatable bonds is 6. The number of nitrogens with one attached hydrogen (secondary N) is 2. The fraction of sp³-hybridized carbons (Fsp3) is 0.273. The molecule has 1 aromatic heterocycles. The zero-order chi connectivity index (χ0) is 20.1. The van der Waals surface area contributed by atoms with E-state index in [0.717, 1.165) is 13.1 Å². The monoisotopic (exact) mass is 392 g/mol. The smallest absolute Gasteiger partial charge is 0.252 e. The maximum Gasteiger partial charge on any atom is 0.252 e. The first-order valence-corrected chi connectivity index (χ1v) is 9.64. The third-order valence-electron chi connectivity index (χ3n) is 5.21. The second-order valence-corrected chi connectivity index (χ2v) is 6.96. The summed E-state index contributed by atoms with van der Waals surface area (Å²) in [6.45, 7) is 1.55. The Morgan fingerprint density at radius 1 is 1.07 bits per heavy atom. The molecule has 0 atom stereocenters. The lowest BCUT2D eigenvalue weighted by Crippen LogP contribution is -2.52. The molecule has 7 nitrogen and oxygen atoms in total. The van der Waals surface area contributed by atoms with E-state index in [1.807, 2.05) is 60.8 Å². The van der Waals surface area contributed by atoms with E-state index in [0.29, 0.717) is 35.8 Å². The normalized spacial score (nSPS) is 15.5. The van der Waals surface area contributed by atoms with E-state index in [9.17, 15) is 4.79 Å². The minimum absolute atomic E-state index is 0.0545. The van der Waals surface area contributed by atoms with Crippen LogP contribution in [0.1, 0.15) is 12.8 Å². The Kier molecular flexibility index (Phi) is 5.48. The lowest BCUT2D eigenvalue weighted by Gasteiger charge is -2.36. The van der Waals surface area contributed by atoms with Crippen LogP contribution in [-0.2, 0) is 10.3 Å². The zero-order valence-corrected chi connectivity index (χ0v) is 16.3. The summed E-state index contributed by atoms with van der Waals surface area (Å²) in [6.07, 6.45) is 4.95. The van der Waals surface area contributed by atoms with Crippen molar-refractivity contribution in [3.63, 3.8) is 0 Å². The number of aromatic nitrogens is 2. The highest BCUT2D eigenvalue weighted by Crippen LogP contribution is 2.32. The fourth-order valence-electron chi connectivity index (χ4n) is 3.61. The average molecular weight is 392 g/mol. The summed E-state index contributed by atoms with van der Waals surface area (Å²) in [5.41, 5.74) is 0.0360. The second kappa shape index (κ2) is 8.36. The number of carbonyl (C=O) groups is 1. The zero-order valence-electron chi connectivity index (χ0n) is 16.3. The number of benzene rings is 2. The molecule has 1 saturated heterocycles. The van der Waals surface area contributed by atoms with Crippen molar-refractivity contribution >= 4 is 11.6 Å². The largest absolute Gasteiger partial charge is 0.493 e. The Balaban J connectivity index is 1.48. The third kappa shape index (κ3) is 3.95. The van der Waals surface area contributed by atoms with Crippen LogP contribution < -0.4 is 20.1 Å². The third-order valence-corrected chi connectivity index (χ3v) is 5.21. The maximum absolute atomic E-state index is 13.2. The van der Waals surface area contributed by atoms with Gasteiger partial charge in [0.25, 0.3) is 5.91 Å². The van der Waals surface area contributed by atoms with E-state index < -0.39 is 5.54 Å². The number of amides is 1. The molecule has 150 valence electrons. The molecule has 0 radical (unpaired) electrons. The van der Waals surface area contributed by atoms with Crippen LogP contribution in [0.25, 0.3) is 0 Å². The Morgan fingerprint density at radius 2 is 1.79 bits per heavy atom. The number of nitrogens with zero attached hydrogens (tertiary/aromatic N) is 2. The number of hydrogen-bond donors (Lipinski definition) is 2. The van der Waals surface area contributed by atoms with Gasteiger partial charge in [-0.1, -0.05) is 12.1 Å². The van der Waals surface area contributed by atoms with Crippen LogP contribution in [0.15, 0.2) is 67.0 Å². The number of hydrogen-bond acceptors (Lipinski definition) is 5. The topological polar surface area (TPSA) is 77.4 Å². The van der Waals surface area contributed by atoms with Crippen LogP contribution in [0.3, 0.4) is 0 Å². The molecule has 0 saturated carbocycles. The van der Waals surface area contributed by atoms with Gasteiger partial charge in [0, 0.05) is 18.1 Å². The number of ether oxygens (including phenoxy) is 2. The summed E-state index contributed by atoms with van der Waals surface area (Å²) in [6, 6.07) is 16.6. The number of piperidine rings is 1. The fourth-order valence-corrected chi connectivity index (χ4v) is 3.61. The molecule has 0 spiro atoms. The maximum atomic E-state index is 13.2. The molecule has 29 heavy (non-hydrogen) atoms. The van der Waals surface area contributed by atoms with Crippen molar-refractivity contribution in [1.82, 2.24) is 15.1 Å². The van der Waals surface area contributed by atoms with Crippen LogP contribution in [0.5, 0.6) is 17.2 Å². The molecule has 2 N–H and O–H groups in total. The van der Waals surface area contributed by atoms with E-state index in [1.54, 1.807) is 18.0 Å². The van der Waals surface area contributed by atoms with Gasteiger partial charge in [0.05, 0.1) is 7.11 Å². The minimum Gasteiger partial charge on any atom is -0.493 e. The summed E-state index contributed by atoms with van der Waals surface area (Å²) >= 11 is 0. The summed E-state index contributed by atoms with van der Waals surface area (Å²) in [5, 5.41) is 10.7. The molecule has 3 aromatic rings. The van der Waals surface area contributed by atoms with Gasteiger partial charge in [-0.2, -0.15) is 5.10 Å². The summed E-state index contributed by atoms with van der Waals surface area (Å²) in [7, 11) is 1.61. The SMILES string of the molecule is COc1ccccc1Oc1ccc(NC(=O)C2(n3cccn3)CCNCC2)cc1. The highest BCUT2D eigenvalue weighted by atomic mass is 16.5. The number of para-hydroxylation sites is 2. The van der Waals surface area contributed by atoms with E-state index in [4.69, 9.17) is 9.47 Å². The van der Waals surface area contributed by atoms with Crippen molar-refractivity contribution in [2.24, 2.45) is 0 Å². The van der Waals surface area contributed by atoms with E-state index in [-0.39, 0.29) is 5.91 Å². The van der Waals surface area contributed by atoms with Crippen LogP contribution in [0.2, 0.25) is 0 Å². The molecule has 0 unspecified atom stereocenters. The van der Waals surface area contributed by atoms with Crippen molar-refractivity contribution in [3.8, 4) is 17.2 Å². The molecule has 1 amide bonds. The predicted octanol–water partition coefficient (Wildman–Crippen LogP) is 3.40. The van der Waals surface area contributed by atoms with Gasteiger partial charge in [-0.3, -0.25) is 9.48 Å². The summed E-state index contributed by atoms with van der Waals surface area (Å²) < 4.78 is 13.0. The molecule has 0 bridgehead atoms. The molecular weight excluding hydrogens is 368 g/mol. The lowest BCUT2D eigenvalue weighted by atomic mass is 9.87. The Labute approximate surface area is 169 Å². The van der Waals surface area contributed by atoms with Gasteiger partial charge in [-0.15, -0.1) is 0 Å². The first kappa shape index (κ1) is 19.0. The minimum atomic E-state index is -0.679. The van der Waals surface area contributed by atoms with Crippen molar-refractivity contribution in [1.29, 1.82) is 0 Å². The molecule has 4 rings (SSSR count). The van der Waals surface area contributed by atoms with Gasteiger partial charge in [-0.25, -0.2) is 0 Å². The van der Waals surface area contributed by atoms with Gasteiger partial charge in [-0.05, 0) is 68.4 Å². The first-order valence-electron chi connectivity index (χ1n) is 9.64. The highest BCUT2D eigenvalue weighted by Gasteiger charge is 2.42. The van der Waals surface area contributed by atoms with E-state index >= 15 is 0 Å². The summed E-state index contributed by atoms with van der Waals surface area (Å²) in [4.78, 5) is 13.2. The predicted molar refractivity (Wildman–Crippen MR) is 110 cm³/mol. The lowest BCUT2D eigenvalue weighted by molar-refractivity contribution is -0.126. The molecule has 7 heteroatoms. The average Bonchev–Trinajstić information content (AvgIpc) is 3.31. The van der Waals surface area contributed by atoms with E-state index in [1.165, 1.54) is 0 Å². The standard InChI is InChI=1S/C22H24N4O3/c1-28-19-5-2-3-6-20(19)29-18-9-7-17(8-10-18)25-21(27)22(11-14-23-15-12-22)26-16-4-13-24-26/h2-10,13,16,23H,11-12,14-15H2,1H3,(H,25,27). The van der Waals surface area contributed by atoms with E-state index in [2.05, 4.69) is 15.7 Å². The molecule has 2 heterocycles. The van der Waals surface area contributed by atoms with Crippen molar-refractivity contribution in [2.45, 2.75) is 18.4 Å².